The van der Waals surface area contributed by atoms with Crippen molar-refractivity contribution in [1.29, 1.82) is 0 Å². The van der Waals surface area contributed by atoms with E-state index in [0.717, 1.165) is 15.4 Å². The highest BCUT2D eigenvalue weighted by molar-refractivity contribution is 7.92. The minimum Gasteiger partial charge on any atom is -0.492 e. The molecule has 0 saturated carbocycles. The first-order valence-electron chi connectivity index (χ1n) is 10.2. The van der Waals surface area contributed by atoms with Crippen molar-refractivity contribution in [2.75, 3.05) is 24.0 Å². The lowest BCUT2D eigenvalue weighted by Crippen LogP contribution is -2.42. The molecule has 0 heterocycles. The van der Waals surface area contributed by atoms with E-state index < -0.39 is 22.5 Å². The molecule has 0 radical (unpaired) electrons. The zero-order valence-corrected chi connectivity index (χ0v) is 20.5. The number of halogens is 2. The molecule has 3 aromatic carbocycles. The summed E-state index contributed by atoms with van der Waals surface area (Å²) in [5, 5.41) is 3.70. The molecule has 0 aromatic heterocycles. The van der Waals surface area contributed by atoms with Crippen molar-refractivity contribution in [2.45, 2.75) is 18.7 Å². The van der Waals surface area contributed by atoms with Crippen molar-refractivity contribution in [3.05, 3.63) is 87.9 Å². The fourth-order valence-corrected chi connectivity index (χ4v) is 4.68. The van der Waals surface area contributed by atoms with E-state index in [2.05, 4.69) is 5.32 Å². The van der Waals surface area contributed by atoms with Gasteiger partial charge in [0.1, 0.15) is 18.9 Å². The van der Waals surface area contributed by atoms with E-state index in [4.69, 9.17) is 27.9 Å². The molecule has 1 amide bonds. The molecule has 0 aliphatic carbocycles. The molecule has 33 heavy (non-hydrogen) atoms. The van der Waals surface area contributed by atoms with Crippen LogP contribution in [0.15, 0.2) is 71.6 Å². The van der Waals surface area contributed by atoms with Crippen LogP contribution in [0.1, 0.15) is 11.1 Å². The molecule has 0 spiro atoms. The Morgan fingerprint density at radius 1 is 0.970 bits per heavy atom. The maximum Gasteiger partial charge on any atom is 0.264 e. The lowest BCUT2D eigenvalue weighted by molar-refractivity contribution is -0.119. The van der Waals surface area contributed by atoms with Crippen LogP contribution in [-0.4, -0.2) is 34.0 Å². The molecular weight excluding hydrogens is 483 g/mol. The topological polar surface area (TPSA) is 75.7 Å². The van der Waals surface area contributed by atoms with Crippen LogP contribution in [0.25, 0.3) is 0 Å². The van der Waals surface area contributed by atoms with Crippen molar-refractivity contribution >= 4 is 44.8 Å². The lowest BCUT2D eigenvalue weighted by atomic mass is 10.2. The third-order valence-corrected chi connectivity index (χ3v) is 7.29. The number of nitrogens with one attached hydrogen (secondary N) is 1. The van der Waals surface area contributed by atoms with Crippen molar-refractivity contribution in [3.8, 4) is 5.75 Å². The van der Waals surface area contributed by atoms with Gasteiger partial charge in [-0.2, -0.15) is 0 Å². The predicted octanol–water partition coefficient (Wildman–Crippen LogP) is 5.00. The zero-order chi connectivity index (χ0) is 24.0. The van der Waals surface area contributed by atoms with Crippen LogP contribution in [-0.2, 0) is 14.8 Å². The second-order valence-electron chi connectivity index (χ2n) is 7.41. The van der Waals surface area contributed by atoms with Crippen LogP contribution >= 0.6 is 23.2 Å². The van der Waals surface area contributed by atoms with Gasteiger partial charge < -0.3 is 10.1 Å². The molecule has 3 rings (SSSR count). The number of carbonyl (C=O) groups excluding carboxylic acids is 1. The number of amides is 1. The summed E-state index contributed by atoms with van der Waals surface area (Å²) in [5.41, 5.74) is 2.04. The van der Waals surface area contributed by atoms with Crippen LogP contribution < -0.4 is 14.4 Å². The molecule has 0 atom stereocenters. The van der Waals surface area contributed by atoms with Gasteiger partial charge in [-0.15, -0.1) is 0 Å². The van der Waals surface area contributed by atoms with E-state index in [-0.39, 0.29) is 18.0 Å². The molecule has 1 N–H and O–H groups in total. The van der Waals surface area contributed by atoms with Gasteiger partial charge in [0, 0.05) is 10.0 Å². The summed E-state index contributed by atoms with van der Waals surface area (Å²) in [7, 11) is -4.00. The number of benzene rings is 3. The lowest BCUT2D eigenvalue weighted by Gasteiger charge is -2.24. The number of aryl methyl sites for hydroxylation is 2. The molecule has 6 nitrogen and oxygen atoms in total. The third kappa shape index (κ3) is 6.63. The van der Waals surface area contributed by atoms with Crippen LogP contribution in [0.2, 0.25) is 10.0 Å². The number of nitrogens with zero attached hydrogens (tertiary/aromatic N) is 1. The highest BCUT2D eigenvalue weighted by atomic mass is 35.5. The Balaban J connectivity index is 1.73. The Labute approximate surface area is 204 Å². The molecule has 0 aliphatic rings. The van der Waals surface area contributed by atoms with Gasteiger partial charge in [0.05, 0.1) is 17.1 Å². The molecular formula is C24H24Cl2N2O4S. The van der Waals surface area contributed by atoms with E-state index in [1.807, 2.05) is 13.8 Å². The van der Waals surface area contributed by atoms with Crippen LogP contribution in [0.4, 0.5) is 5.69 Å². The third-order valence-electron chi connectivity index (χ3n) is 4.85. The number of hydrogen-bond acceptors (Lipinski definition) is 4. The quantitative estimate of drug-likeness (QED) is 0.414. The van der Waals surface area contributed by atoms with Gasteiger partial charge in [-0.1, -0.05) is 47.0 Å². The standard InChI is InChI=1S/C24H24Cl2N2O4S/c1-17-3-11-22(12-4-17)33(30,31)28(20-8-5-18(2)23(26)15-20)16-24(29)27-13-14-32-21-9-6-19(25)7-10-21/h3-12,15H,13-14,16H2,1-2H3,(H,27,29). The summed E-state index contributed by atoms with van der Waals surface area (Å²) in [6.45, 7) is 3.70. The Kier molecular flexibility index (Phi) is 8.24. The molecule has 0 aliphatic heterocycles. The van der Waals surface area contributed by atoms with E-state index in [9.17, 15) is 13.2 Å². The van der Waals surface area contributed by atoms with Crippen molar-refractivity contribution in [1.82, 2.24) is 5.32 Å². The van der Waals surface area contributed by atoms with Gasteiger partial charge in [-0.05, 0) is 67.9 Å². The second kappa shape index (κ2) is 10.9. The van der Waals surface area contributed by atoms with Gasteiger partial charge in [0.25, 0.3) is 10.0 Å². The molecule has 3 aromatic rings. The first-order chi connectivity index (χ1) is 15.7. The summed E-state index contributed by atoms with van der Waals surface area (Å²) in [6.07, 6.45) is 0. The first kappa shape index (κ1) is 24.9. The minimum atomic E-state index is -4.00. The summed E-state index contributed by atoms with van der Waals surface area (Å²) >= 11 is 12.1. The fourth-order valence-electron chi connectivity index (χ4n) is 2.97. The second-order valence-corrected chi connectivity index (χ2v) is 10.1. The normalized spacial score (nSPS) is 11.2. The average molecular weight is 507 g/mol. The van der Waals surface area contributed by atoms with E-state index in [1.165, 1.54) is 12.1 Å². The fraction of sp³-hybridized carbons (Fsp3) is 0.208. The monoisotopic (exact) mass is 506 g/mol. The molecule has 0 saturated heterocycles. The Bertz CT molecular complexity index is 1210. The smallest absolute Gasteiger partial charge is 0.264 e. The summed E-state index contributed by atoms with van der Waals surface area (Å²) in [6, 6.07) is 18.2. The minimum absolute atomic E-state index is 0.0867. The van der Waals surface area contributed by atoms with Gasteiger partial charge in [-0.25, -0.2) is 8.42 Å². The van der Waals surface area contributed by atoms with Crippen LogP contribution in [0.5, 0.6) is 5.75 Å². The summed E-state index contributed by atoms with van der Waals surface area (Å²) < 4.78 is 33.4. The van der Waals surface area contributed by atoms with Crippen molar-refractivity contribution in [3.63, 3.8) is 0 Å². The molecule has 174 valence electrons. The maximum atomic E-state index is 13.4. The van der Waals surface area contributed by atoms with Gasteiger partial charge in [0.2, 0.25) is 5.91 Å². The van der Waals surface area contributed by atoms with E-state index >= 15 is 0 Å². The molecule has 0 unspecified atom stereocenters. The van der Waals surface area contributed by atoms with E-state index in [0.29, 0.717) is 21.5 Å². The number of ether oxygens (including phenoxy) is 1. The highest BCUT2D eigenvalue weighted by Gasteiger charge is 2.27. The molecule has 9 heteroatoms. The largest absolute Gasteiger partial charge is 0.492 e. The van der Waals surface area contributed by atoms with Gasteiger partial charge >= 0.3 is 0 Å². The number of rotatable bonds is 9. The Morgan fingerprint density at radius 2 is 1.64 bits per heavy atom. The van der Waals surface area contributed by atoms with Crippen molar-refractivity contribution in [2.24, 2.45) is 0 Å². The van der Waals surface area contributed by atoms with Gasteiger partial charge in [0.15, 0.2) is 0 Å². The Morgan fingerprint density at radius 3 is 2.27 bits per heavy atom. The number of hydrogen-bond donors (Lipinski definition) is 1. The van der Waals surface area contributed by atoms with Crippen LogP contribution in [0.3, 0.4) is 0 Å². The summed E-state index contributed by atoms with van der Waals surface area (Å²) in [5.74, 6) is 0.147. The number of anilines is 1. The first-order valence-corrected chi connectivity index (χ1v) is 12.4. The highest BCUT2D eigenvalue weighted by Crippen LogP contribution is 2.28. The Hall–Kier alpha value is -2.74. The van der Waals surface area contributed by atoms with E-state index in [1.54, 1.807) is 54.6 Å². The SMILES string of the molecule is Cc1ccc(S(=O)(=O)N(CC(=O)NCCOc2ccc(Cl)cc2)c2ccc(C)c(Cl)c2)cc1. The number of carbonyl (C=O) groups is 1. The maximum absolute atomic E-state index is 13.4. The number of sulfonamides is 1. The predicted molar refractivity (Wildman–Crippen MR) is 132 cm³/mol. The van der Waals surface area contributed by atoms with Gasteiger partial charge in [-0.3, -0.25) is 9.10 Å². The van der Waals surface area contributed by atoms with Crippen molar-refractivity contribution < 1.29 is 17.9 Å². The summed E-state index contributed by atoms with van der Waals surface area (Å²) in [4.78, 5) is 12.7. The molecule has 0 bridgehead atoms. The zero-order valence-electron chi connectivity index (χ0n) is 18.2. The van der Waals surface area contributed by atoms with Crippen LogP contribution in [0, 0.1) is 13.8 Å². The average Bonchev–Trinajstić information content (AvgIpc) is 2.78. The molecule has 0 fully saturated rings.